The largest absolute Gasteiger partial charge is 0.497 e. The topological polar surface area (TPSA) is 116 Å². The molecule has 0 fully saturated rings. The van der Waals surface area contributed by atoms with Gasteiger partial charge in [0.15, 0.2) is 0 Å². The normalized spacial score (nSPS) is 11.3. The Morgan fingerprint density at radius 2 is 1.79 bits per heavy atom. The van der Waals surface area contributed by atoms with Crippen molar-refractivity contribution in [3.63, 3.8) is 0 Å². The highest BCUT2D eigenvalue weighted by Crippen LogP contribution is 2.27. The zero-order valence-electron chi connectivity index (χ0n) is 18.1. The van der Waals surface area contributed by atoms with Crippen molar-refractivity contribution in [3.05, 3.63) is 95.9 Å². The number of hydrogen-bond donors (Lipinski definition) is 2. The van der Waals surface area contributed by atoms with Gasteiger partial charge in [0.05, 0.1) is 23.3 Å². The van der Waals surface area contributed by atoms with Crippen LogP contribution >= 0.6 is 0 Å². The van der Waals surface area contributed by atoms with Crippen LogP contribution in [-0.4, -0.2) is 31.2 Å². The highest BCUT2D eigenvalue weighted by molar-refractivity contribution is 7.89. The van der Waals surface area contributed by atoms with Crippen molar-refractivity contribution in [1.82, 2.24) is 15.1 Å². The van der Waals surface area contributed by atoms with E-state index in [2.05, 4.69) is 10.4 Å². The highest BCUT2D eigenvalue weighted by Gasteiger charge is 2.19. The van der Waals surface area contributed by atoms with E-state index in [1.54, 1.807) is 55.8 Å². The van der Waals surface area contributed by atoms with Crippen LogP contribution in [0.25, 0.3) is 16.9 Å². The molecule has 34 heavy (non-hydrogen) atoms. The second kappa shape index (κ2) is 9.46. The van der Waals surface area contributed by atoms with Crippen molar-refractivity contribution >= 4 is 15.9 Å². The van der Waals surface area contributed by atoms with Crippen molar-refractivity contribution in [2.24, 2.45) is 5.14 Å². The van der Waals surface area contributed by atoms with Crippen molar-refractivity contribution in [2.45, 2.75) is 11.4 Å². The summed E-state index contributed by atoms with van der Waals surface area (Å²) in [6, 6.07) is 18.8. The van der Waals surface area contributed by atoms with E-state index in [0.29, 0.717) is 33.8 Å². The Hall–Kier alpha value is -4.02. The third-order valence-electron chi connectivity index (χ3n) is 5.10. The van der Waals surface area contributed by atoms with E-state index >= 15 is 0 Å². The first-order valence-corrected chi connectivity index (χ1v) is 11.7. The molecule has 0 unspecified atom stereocenters. The fraction of sp³-hybridized carbons (Fsp3) is 0.0833. The second-order valence-corrected chi connectivity index (χ2v) is 8.98. The number of benzene rings is 3. The van der Waals surface area contributed by atoms with Gasteiger partial charge in [-0.25, -0.2) is 22.6 Å². The van der Waals surface area contributed by atoms with Gasteiger partial charge in [-0.15, -0.1) is 0 Å². The van der Waals surface area contributed by atoms with E-state index in [9.17, 15) is 17.6 Å². The highest BCUT2D eigenvalue weighted by atomic mass is 32.2. The van der Waals surface area contributed by atoms with Gasteiger partial charge in [0.25, 0.3) is 5.91 Å². The van der Waals surface area contributed by atoms with E-state index in [1.165, 1.54) is 28.9 Å². The van der Waals surface area contributed by atoms with Gasteiger partial charge in [0, 0.05) is 18.3 Å². The molecule has 3 aromatic carbocycles. The number of sulfonamides is 1. The van der Waals surface area contributed by atoms with E-state index in [4.69, 9.17) is 9.88 Å². The van der Waals surface area contributed by atoms with E-state index in [1.807, 2.05) is 6.07 Å². The van der Waals surface area contributed by atoms with Gasteiger partial charge in [-0.05, 0) is 54.1 Å². The number of carbonyl (C=O) groups excluding carboxylic acids is 1. The quantitative estimate of drug-likeness (QED) is 0.421. The standard InChI is InChI=1S/C24H21FN4O4S/c1-33-20-4-2-3-17(13-20)23-22(15-29(28-23)19-9-7-18(25)8-10-19)24(30)27-14-16-5-11-21(12-6-16)34(26,31)32/h2-13,15H,14H2,1H3,(H,27,30)(H2,26,31,32). The van der Waals surface area contributed by atoms with Crippen molar-refractivity contribution in [1.29, 1.82) is 0 Å². The number of rotatable bonds is 7. The molecular weight excluding hydrogens is 459 g/mol. The van der Waals surface area contributed by atoms with Crippen molar-refractivity contribution < 1.29 is 22.3 Å². The molecule has 0 saturated heterocycles. The molecule has 1 amide bonds. The van der Waals surface area contributed by atoms with Crippen LogP contribution in [0.5, 0.6) is 5.75 Å². The van der Waals surface area contributed by atoms with Gasteiger partial charge in [-0.1, -0.05) is 24.3 Å². The average molecular weight is 481 g/mol. The van der Waals surface area contributed by atoms with Crippen LogP contribution in [-0.2, 0) is 16.6 Å². The summed E-state index contributed by atoms with van der Waals surface area (Å²) in [5.41, 5.74) is 2.67. The molecule has 0 atom stereocenters. The zero-order valence-corrected chi connectivity index (χ0v) is 18.9. The minimum atomic E-state index is -3.79. The molecule has 0 saturated carbocycles. The molecular formula is C24H21FN4O4S. The van der Waals surface area contributed by atoms with Crippen LogP contribution in [0.2, 0.25) is 0 Å². The van der Waals surface area contributed by atoms with Gasteiger partial charge in [0.2, 0.25) is 10.0 Å². The maximum absolute atomic E-state index is 13.4. The number of nitrogens with one attached hydrogen (secondary N) is 1. The Morgan fingerprint density at radius 1 is 1.09 bits per heavy atom. The molecule has 10 heteroatoms. The number of ether oxygens (including phenoxy) is 1. The van der Waals surface area contributed by atoms with Gasteiger partial charge in [-0.2, -0.15) is 5.10 Å². The van der Waals surface area contributed by atoms with E-state index in [0.717, 1.165) is 0 Å². The van der Waals surface area contributed by atoms with Crippen LogP contribution in [0.15, 0.2) is 83.9 Å². The van der Waals surface area contributed by atoms with Crippen LogP contribution in [0.3, 0.4) is 0 Å². The molecule has 0 aliphatic rings. The monoisotopic (exact) mass is 480 g/mol. The first-order chi connectivity index (χ1) is 16.2. The molecule has 0 radical (unpaired) electrons. The molecule has 174 valence electrons. The van der Waals surface area contributed by atoms with E-state index in [-0.39, 0.29) is 23.2 Å². The molecule has 0 aliphatic carbocycles. The Bertz CT molecular complexity index is 1430. The number of nitrogens with zero attached hydrogens (tertiary/aromatic N) is 2. The third kappa shape index (κ3) is 5.13. The molecule has 0 aliphatic heterocycles. The van der Waals surface area contributed by atoms with E-state index < -0.39 is 10.0 Å². The Kier molecular flexibility index (Phi) is 6.44. The fourth-order valence-corrected chi connectivity index (χ4v) is 3.84. The summed E-state index contributed by atoms with van der Waals surface area (Å²) >= 11 is 0. The lowest BCUT2D eigenvalue weighted by atomic mass is 10.1. The van der Waals surface area contributed by atoms with Crippen LogP contribution in [0.4, 0.5) is 4.39 Å². The van der Waals surface area contributed by atoms with Gasteiger partial charge < -0.3 is 10.1 Å². The lowest BCUT2D eigenvalue weighted by Gasteiger charge is -2.07. The Labute approximate surface area is 195 Å². The first-order valence-electron chi connectivity index (χ1n) is 10.1. The summed E-state index contributed by atoms with van der Waals surface area (Å²) in [6.07, 6.45) is 1.57. The van der Waals surface area contributed by atoms with Crippen LogP contribution in [0, 0.1) is 5.82 Å². The predicted octanol–water partition coefficient (Wildman–Crippen LogP) is 3.26. The lowest BCUT2D eigenvalue weighted by Crippen LogP contribution is -2.23. The van der Waals surface area contributed by atoms with Gasteiger partial charge >= 0.3 is 0 Å². The number of hydrogen-bond acceptors (Lipinski definition) is 5. The van der Waals surface area contributed by atoms with Crippen molar-refractivity contribution in [2.75, 3.05) is 7.11 Å². The first kappa shape index (κ1) is 23.1. The maximum atomic E-state index is 13.4. The molecule has 8 nitrogen and oxygen atoms in total. The lowest BCUT2D eigenvalue weighted by molar-refractivity contribution is 0.0951. The number of nitrogens with two attached hydrogens (primary N) is 1. The molecule has 3 N–H and O–H groups in total. The number of halogens is 1. The molecule has 1 aromatic heterocycles. The predicted molar refractivity (Wildman–Crippen MR) is 124 cm³/mol. The number of amides is 1. The number of methoxy groups -OCH3 is 1. The Balaban J connectivity index is 1.64. The smallest absolute Gasteiger partial charge is 0.255 e. The average Bonchev–Trinajstić information content (AvgIpc) is 3.28. The third-order valence-corrected chi connectivity index (χ3v) is 6.03. The summed E-state index contributed by atoms with van der Waals surface area (Å²) in [6.45, 7) is 0.156. The number of primary sulfonamides is 1. The minimum Gasteiger partial charge on any atom is -0.497 e. The molecule has 4 rings (SSSR count). The van der Waals surface area contributed by atoms with Crippen LogP contribution in [0.1, 0.15) is 15.9 Å². The van der Waals surface area contributed by atoms with Crippen molar-refractivity contribution in [3.8, 4) is 22.7 Å². The minimum absolute atomic E-state index is 0.0107. The number of aromatic nitrogens is 2. The SMILES string of the molecule is COc1cccc(-c2nn(-c3ccc(F)cc3)cc2C(=O)NCc2ccc(S(N)(=O)=O)cc2)c1. The zero-order chi connectivity index (χ0) is 24.3. The summed E-state index contributed by atoms with van der Waals surface area (Å²) in [5, 5.41) is 12.5. The summed E-state index contributed by atoms with van der Waals surface area (Å²) < 4.78 is 43.0. The van der Waals surface area contributed by atoms with Gasteiger partial charge in [-0.3, -0.25) is 4.79 Å². The number of carbonyl (C=O) groups is 1. The summed E-state index contributed by atoms with van der Waals surface area (Å²) in [4.78, 5) is 13.1. The second-order valence-electron chi connectivity index (χ2n) is 7.42. The Morgan fingerprint density at radius 3 is 2.44 bits per heavy atom. The molecule has 4 aromatic rings. The summed E-state index contributed by atoms with van der Waals surface area (Å²) in [5.74, 6) is -0.160. The molecule has 0 spiro atoms. The van der Waals surface area contributed by atoms with Crippen LogP contribution < -0.4 is 15.2 Å². The maximum Gasteiger partial charge on any atom is 0.255 e. The molecule has 1 heterocycles. The van der Waals surface area contributed by atoms with Gasteiger partial charge in [0.1, 0.15) is 17.3 Å². The summed E-state index contributed by atoms with van der Waals surface area (Å²) in [7, 11) is -2.25. The fourth-order valence-electron chi connectivity index (χ4n) is 3.32. The molecule has 0 bridgehead atoms.